The molecule has 0 fully saturated rings. The van der Waals surface area contributed by atoms with Crippen LogP contribution in [0.2, 0.25) is 0 Å². The summed E-state index contributed by atoms with van der Waals surface area (Å²) in [5.74, 6) is 1.60. The highest BCUT2D eigenvalue weighted by molar-refractivity contribution is 5.80. The standard InChI is InChI=1S/C25H32N6O2/c1-7-22(23-27-28-29-31(23)25(4,5)6)30(15-20-9-8-10-33-20)14-19-13-18-11-16(2)17(3)12-21(18)26-24(19)32/h8-13,22H,7,14-15H2,1-6H3,(H,26,32)/t22-/m1/s1. The van der Waals surface area contributed by atoms with Gasteiger partial charge in [0.25, 0.3) is 5.56 Å². The molecule has 1 aromatic carbocycles. The fourth-order valence-corrected chi connectivity index (χ4v) is 4.22. The minimum atomic E-state index is -0.265. The third kappa shape index (κ3) is 4.75. The fourth-order valence-electron chi connectivity index (χ4n) is 4.22. The molecule has 8 heteroatoms. The largest absolute Gasteiger partial charge is 0.468 e. The summed E-state index contributed by atoms with van der Waals surface area (Å²) in [5, 5.41) is 13.6. The van der Waals surface area contributed by atoms with E-state index in [1.807, 2.05) is 28.9 Å². The third-order valence-electron chi connectivity index (χ3n) is 6.10. The highest BCUT2D eigenvalue weighted by atomic mass is 16.3. The number of H-pyrrole nitrogens is 1. The molecule has 0 unspecified atom stereocenters. The lowest BCUT2D eigenvalue weighted by atomic mass is 10.0. The number of tetrazole rings is 1. The van der Waals surface area contributed by atoms with Crippen LogP contribution in [0.1, 0.15) is 68.4 Å². The van der Waals surface area contributed by atoms with Crippen molar-refractivity contribution in [2.24, 2.45) is 0 Å². The predicted octanol–water partition coefficient (Wildman–Crippen LogP) is 4.63. The first-order chi connectivity index (χ1) is 15.7. The van der Waals surface area contributed by atoms with E-state index in [1.54, 1.807) is 6.26 Å². The Morgan fingerprint density at radius 1 is 1.15 bits per heavy atom. The molecule has 0 aliphatic carbocycles. The maximum atomic E-state index is 13.0. The Labute approximate surface area is 193 Å². The summed E-state index contributed by atoms with van der Waals surface area (Å²) >= 11 is 0. The van der Waals surface area contributed by atoms with Gasteiger partial charge in [-0.3, -0.25) is 9.69 Å². The highest BCUT2D eigenvalue weighted by Crippen LogP contribution is 2.29. The van der Waals surface area contributed by atoms with Crippen molar-refractivity contribution in [3.63, 3.8) is 0 Å². The summed E-state index contributed by atoms with van der Waals surface area (Å²) in [5.41, 5.74) is 3.56. The molecule has 0 saturated heterocycles. The van der Waals surface area contributed by atoms with Crippen LogP contribution in [0.25, 0.3) is 10.9 Å². The summed E-state index contributed by atoms with van der Waals surface area (Å²) in [7, 11) is 0. The molecule has 0 spiro atoms. The van der Waals surface area contributed by atoms with Crippen LogP contribution in [-0.2, 0) is 18.6 Å². The van der Waals surface area contributed by atoms with Crippen LogP contribution in [0, 0.1) is 13.8 Å². The quantitative estimate of drug-likeness (QED) is 0.443. The maximum Gasteiger partial charge on any atom is 0.252 e. The van der Waals surface area contributed by atoms with Crippen molar-refractivity contribution in [3.8, 4) is 0 Å². The number of aromatic nitrogens is 5. The first-order valence-corrected chi connectivity index (χ1v) is 11.4. The van der Waals surface area contributed by atoms with Gasteiger partial charge in [-0.15, -0.1) is 5.10 Å². The Morgan fingerprint density at radius 2 is 1.91 bits per heavy atom. The van der Waals surface area contributed by atoms with Crippen molar-refractivity contribution < 1.29 is 4.42 Å². The Hall–Kier alpha value is -3.26. The SMILES string of the molecule is CC[C@H](c1nnnn1C(C)(C)C)N(Cc1ccco1)Cc1cc2cc(C)c(C)cc2[nH]c1=O. The second-order valence-corrected chi connectivity index (χ2v) is 9.68. The summed E-state index contributed by atoms with van der Waals surface area (Å²) in [6, 6.07) is 9.88. The van der Waals surface area contributed by atoms with Gasteiger partial charge in [-0.2, -0.15) is 0 Å². The van der Waals surface area contributed by atoms with Crippen LogP contribution < -0.4 is 5.56 Å². The van der Waals surface area contributed by atoms with E-state index in [9.17, 15) is 4.79 Å². The summed E-state index contributed by atoms with van der Waals surface area (Å²) in [6.07, 6.45) is 2.45. The van der Waals surface area contributed by atoms with Crippen LogP contribution in [-0.4, -0.2) is 30.1 Å². The van der Waals surface area contributed by atoms with Crippen molar-refractivity contribution in [1.82, 2.24) is 30.1 Å². The number of benzene rings is 1. The minimum Gasteiger partial charge on any atom is -0.468 e. The molecule has 3 heterocycles. The number of aromatic amines is 1. The Kier molecular flexibility index (Phi) is 6.21. The molecular formula is C25H32N6O2. The number of hydrogen-bond acceptors (Lipinski definition) is 6. The highest BCUT2D eigenvalue weighted by Gasteiger charge is 2.30. The van der Waals surface area contributed by atoms with Crippen molar-refractivity contribution in [2.75, 3.05) is 0 Å². The molecule has 0 bridgehead atoms. The zero-order valence-corrected chi connectivity index (χ0v) is 20.2. The number of aryl methyl sites for hydroxylation is 2. The Morgan fingerprint density at radius 3 is 2.58 bits per heavy atom. The van der Waals surface area contributed by atoms with Crippen LogP contribution >= 0.6 is 0 Å². The average Bonchev–Trinajstić information content (AvgIpc) is 3.43. The van der Waals surface area contributed by atoms with E-state index >= 15 is 0 Å². The van der Waals surface area contributed by atoms with Crippen molar-refractivity contribution >= 4 is 10.9 Å². The van der Waals surface area contributed by atoms with E-state index < -0.39 is 0 Å². The predicted molar refractivity (Wildman–Crippen MR) is 128 cm³/mol. The van der Waals surface area contributed by atoms with Gasteiger partial charge in [0.1, 0.15) is 5.76 Å². The molecule has 0 amide bonds. The number of nitrogens with zero attached hydrogens (tertiary/aromatic N) is 5. The number of hydrogen-bond donors (Lipinski definition) is 1. The lowest BCUT2D eigenvalue weighted by molar-refractivity contribution is 0.142. The summed E-state index contributed by atoms with van der Waals surface area (Å²) in [4.78, 5) is 18.3. The number of fused-ring (bicyclic) bond motifs is 1. The van der Waals surface area contributed by atoms with E-state index in [0.29, 0.717) is 18.7 Å². The smallest absolute Gasteiger partial charge is 0.252 e. The number of rotatable bonds is 7. The topological polar surface area (TPSA) is 92.8 Å². The molecule has 1 atom stereocenters. The van der Waals surface area contributed by atoms with Gasteiger partial charge in [-0.25, -0.2) is 4.68 Å². The second kappa shape index (κ2) is 8.94. The van der Waals surface area contributed by atoms with Gasteiger partial charge in [0, 0.05) is 17.6 Å². The first kappa shape index (κ1) is 22.9. The molecule has 3 aromatic heterocycles. The molecule has 1 N–H and O–H groups in total. The monoisotopic (exact) mass is 448 g/mol. The molecular weight excluding hydrogens is 416 g/mol. The lowest BCUT2D eigenvalue weighted by Gasteiger charge is -2.31. The molecule has 4 rings (SSSR count). The van der Waals surface area contributed by atoms with Gasteiger partial charge >= 0.3 is 0 Å². The van der Waals surface area contributed by atoms with Crippen LogP contribution in [0.3, 0.4) is 0 Å². The molecule has 4 aromatic rings. The molecule has 0 aliphatic heterocycles. The van der Waals surface area contributed by atoms with Crippen LogP contribution in [0.4, 0.5) is 0 Å². The van der Waals surface area contributed by atoms with Crippen LogP contribution in [0.5, 0.6) is 0 Å². The molecule has 8 nitrogen and oxygen atoms in total. The minimum absolute atomic E-state index is 0.0829. The van der Waals surface area contributed by atoms with Gasteiger partial charge in [0.15, 0.2) is 5.82 Å². The molecule has 174 valence electrons. The lowest BCUT2D eigenvalue weighted by Crippen LogP contribution is -2.35. The molecule has 33 heavy (non-hydrogen) atoms. The number of furan rings is 1. The van der Waals surface area contributed by atoms with Gasteiger partial charge in [-0.05, 0) is 98.3 Å². The fraction of sp³-hybridized carbons (Fsp3) is 0.440. The number of nitrogens with one attached hydrogen (secondary N) is 1. The molecule has 0 radical (unpaired) electrons. The van der Waals surface area contributed by atoms with Gasteiger partial charge in [0.2, 0.25) is 0 Å². The van der Waals surface area contributed by atoms with E-state index in [1.165, 1.54) is 5.56 Å². The van der Waals surface area contributed by atoms with Crippen LogP contribution in [0.15, 0.2) is 45.8 Å². The van der Waals surface area contributed by atoms with Gasteiger partial charge in [0.05, 0.1) is 24.4 Å². The van der Waals surface area contributed by atoms with E-state index in [0.717, 1.165) is 34.5 Å². The zero-order valence-electron chi connectivity index (χ0n) is 20.2. The maximum absolute atomic E-state index is 13.0. The van der Waals surface area contributed by atoms with Gasteiger partial charge < -0.3 is 9.40 Å². The van der Waals surface area contributed by atoms with E-state index in [-0.39, 0.29) is 17.1 Å². The van der Waals surface area contributed by atoms with E-state index in [4.69, 9.17) is 4.42 Å². The first-order valence-electron chi connectivity index (χ1n) is 11.4. The third-order valence-corrected chi connectivity index (χ3v) is 6.10. The molecule has 0 aliphatic rings. The number of pyridine rings is 1. The Balaban J connectivity index is 1.76. The van der Waals surface area contributed by atoms with E-state index in [2.05, 4.69) is 73.0 Å². The summed E-state index contributed by atoms with van der Waals surface area (Å²) < 4.78 is 7.52. The Bertz CT molecular complexity index is 1300. The zero-order chi connectivity index (χ0) is 23.8. The van der Waals surface area contributed by atoms with Crippen molar-refractivity contribution in [3.05, 3.63) is 75.2 Å². The second-order valence-electron chi connectivity index (χ2n) is 9.68. The van der Waals surface area contributed by atoms with Crippen molar-refractivity contribution in [1.29, 1.82) is 0 Å². The summed E-state index contributed by atoms with van der Waals surface area (Å²) in [6.45, 7) is 13.5. The van der Waals surface area contributed by atoms with Crippen molar-refractivity contribution in [2.45, 2.75) is 72.6 Å². The molecule has 0 saturated carbocycles. The average molecular weight is 449 g/mol. The van der Waals surface area contributed by atoms with Gasteiger partial charge in [-0.1, -0.05) is 6.92 Å². The normalized spacial score (nSPS) is 13.2.